The average molecular weight is 268 g/mol. The normalized spacial score (nSPS) is 26.0. The SMILES string of the molecule is CC1CCCC(N(C)C(=O)CC(N)CC(C)(C)C)C1. The highest BCUT2D eigenvalue weighted by atomic mass is 16.2. The van der Waals surface area contributed by atoms with E-state index < -0.39 is 0 Å². The fraction of sp³-hybridized carbons (Fsp3) is 0.938. The zero-order valence-corrected chi connectivity index (χ0v) is 13.4. The van der Waals surface area contributed by atoms with Crippen LogP contribution in [-0.2, 0) is 4.79 Å². The van der Waals surface area contributed by atoms with Gasteiger partial charge in [0.2, 0.25) is 5.91 Å². The van der Waals surface area contributed by atoms with E-state index in [4.69, 9.17) is 5.73 Å². The Bertz CT molecular complexity index is 296. The summed E-state index contributed by atoms with van der Waals surface area (Å²) in [6.07, 6.45) is 6.24. The van der Waals surface area contributed by atoms with Gasteiger partial charge >= 0.3 is 0 Å². The highest BCUT2D eigenvalue weighted by Gasteiger charge is 2.27. The molecule has 0 aromatic rings. The number of nitrogens with zero attached hydrogens (tertiary/aromatic N) is 1. The lowest BCUT2D eigenvalue weighted by molar-refractivity contribution is -0.133. The van der Waals surface area contributed by atoms with Gasteiger partial charge in [0.25, 0.3) is 0 Å². The van der Waals surface area contributed by atoms with Gasteiger partial charge in [-0.25, -0.2) is 0 Å². The first-order valence-corrected chi connectivity index (χ1v) is 7.70. The van der Waals surface area contributed by atoms with Crippen LogP contribution in [0.25, 0.3) is 0 Å². The summed E-state index contributed by atoms with van der Waals surface area (Å²) in [6.45, 7) is 8.80. The van der Waals surface area contributed by atoms with Crippen LogP contribution in [0, 0.1) is 11.3 Å². The summed E-state index contributed by atoms with van der Waals surface area (Å²) in [5.41, 5.74) is 6.30. The molecule has 1 aliphatic carbocycles. The van der Waals surface area contributed by atoms with E-state index >= 15 is 0 Å². The largest absolute Gasteiger partial charge is 0.343 e. The van der Waals surface area contributed by atoms with Crippen molar-refractivity contribution in [2.24, 2.45) is 17.1 Å². The molecule has 0 aromatic carbocycles. The van der Waals surface area contributed by atoms with Crippen LogP contribution in [0.15, 0.2) is 0 Å². The van der Waals surface area contributed by atoms with Crippen molar-refractivity contribution in [2.75, 3.05) is 7.05 Å². The molecule has 1 aliphatic rings. The molecule has 0 saturated heterocycles. The highest BCUT2D eigenvalue weighted by Crippen LogP contribution is 2.27. The molecule has 1 amide bonds. The minimum Gasteiger partial charge on any atom is -0.343 e. The fourth-order valence-electron chi connectivity index (χ4n) is 3.18. The molecule has 0 aliphatic heterocycles. The summed E-state index contributed by atoms with van der Waals surface area (Å²) in [6, 6.07) is 0.411. The van der Waals surface area contributed by atoms with Crippen molar-refractivity contribution in [3.05, 3.63) is 0 Å². The predicted octanol–water partition coefficient (Wildman–Crippen LogP) is 3.18. The second kappa shape index (κ2) is 6.74. The molecule has 0 spiro atoms. The van der Waals surface area contributed by atoms with Crippen LogP contribution < -0.4 is 5.73 Å². The molecule has 0 aromatic heterocycles. The number of amides is 1. The number of nitrogens with two attached hydrogens (primary N) is 1. The summed E-state index contributed by atoms with van der Waals surface area (Å²) in [5.74, 6) is 0.966. The van der Waals surface area contributed by atoms with Gasteiger partial charge in [-0.1, -0.05) is 40.5 Å². The number of rotatable bonds is 4. The molecule has 19 heavy (non-hydrogen) atoms. The summed E-state index contributed by atoms with van der Waals surface area (Å²) in [5, 5.41) is 0. The highest BCUT2D eigenvalue weighted by molar-refractivity contribution is 5.76. The van der Waals surface area contributed by atoms with Crippen LogP contribution >= 0.6 is 0 Å². The van der Waals surface area contributed by atoms with E-state index in [1.165, 1.54) is 12.8 Å². The van der Waals surface area contributed by atoms with Crippen molar-refractivity contribution in [3.63, 3.8) is 0 Å². The van der Waals surface area contributed by atoms with Gasteiger partial charge in [0, 0.05) is 25.6 Å². The second-order valence-corrected chi connectivity index (χ2v) is 7.66. The number of hydrogen-bond donors (Lipinski definition) is 1. The maximum Gasteiger partial charge on any atom is 0.224 e. The Morgan fingerprint density at radius 3 is 2.53 bits per heavy atom. The fourth-order valence-corrected chi connectivity index (χ4v) is 3.18. The Morgan fingerprint density at radius 1 is 1.37 bits per heavy atom. The molecule has 112 valence electrons. The molecular formula is C16H32N2O. The van der Waals surface area contributed by atoms with Crippen LogP contribution in [0.1, 0.15) is 66.2 Å². The quantitative estimate of drug-likeness (QED) is 0.851. The van der Waals surface area contributed by atoms with Gasteiger partial charge in [-0.3, -0.25) is 4.79 Å². The topological polar surface area (TPSA) is 46.3 Å². The molecule has 1 fully saturated rings. The van der Waals surface area contributed by atoms with Crippen LogP contribution in [-0.4, -0.2) is 29.9 Å². The van der Waals surface area contributed by atoms with Crippen molar-refractivity contribution >= 4 is 5.91 Å². The van der Waals surface area contributed by atoms with Crippen LogP contribution in [0.5, 0.6) is 0 Å². The van der Waals surface area contributed by atoms with Crippen molar-refractivity contribution in [1.29, 1.82) is 0 Å². The zero-order valence-electron chi connectivity index (χ0n) is 13.4. The van der Waals surface area contributed by atoms with E-state index in [-0.39, 0.29) is 17.4 Å². The first kappa shape index (κ1) is 16.5. The van der Waals surface area contributed by atoms with Crippen molar-refractivity contribution < 1.29 is 4.79 Å². The van der Waals surface area contributed by atoms with Crippen LogP contribution in [0.4, 0.5) is 0 Å². The van der Waals surface area contributed by atoms with Crippen LogP contribution in [0.2, 0.25) is 0 Å². The number of carbonyl (C=O) groups is 1. The van der Waals surface area contributed by atoms with Gasteiger partial charge in [0.05, 0.1) is 0 Å². The van der Waals surface area contributed by atoms with E-state index in [0.29, 0.717) is 12.5 Å². The lowest BCUT2D eigenvalue weighted by atomic mass is 9.85. The smallest absolute Gasteiger partial charge is 0.224 e. The van der Waals surface area contributed by atoms with Gasteiger partial charge in [-0.15, -0.1) is 0 Å². The first-order chi connectivity index (χ1) is 8.69. The summed E-state index contributed by atoms with van der Waals surface area (Å²) < 4.78 is 0. The molecule has 3 atom stereocenters. The first-order valence-electron chi connectivity index (χ1n) is 7.70. The number of carbonyl (C=O) groups excluding carboxylic acids is 1. The molecule has 2 N–H and O–H groups in total. The van der Waals surface area contributed by atoms with Gasteiger partial charge in [-0.05, 0) is 30.6 Å². The van der Waals surface area contributed by atoms with Gasteiger partial charge in [-0.2, -0.15) is 0 Å². The minimum atomic E-state index is -0.0176. The van der Waals surface area contributed by atoms with Gasteiger partial charge in [0.15, 0.2) is 0 Å². The Labute approximate surface area is 118 Å². The molecule has 3 heteroatoms. The Balaban J connectivity index is 2.43. The summed E-state index contributed by atoms with van der Waals surface area (Å²) in [7, 11) is 1.95. The Kier molecular flexibility index (Phi) is 5.84. The minimum absolute atomic E-state index is 0.0176. The van der Waals surface area contributed by atoms with E-state index in [2.05, 4.69) is 27.7 Å². The maximum atomic E-state index is 12.3. The predicted molar refractivity (Wildman–Crippen MR) is 80.9 cm³/mol. The maximum absolute atomic E-state index is 12.3. The lowest BCUT2D eigenvalue weighted by Crippen LogP contribution is -2.42. The van der Waals surface area contributed by atoms with Gasteiger partial charge in [0.1, 0.15) is 0 Å². The molecule has 0 heterocycles. The third-order valence-electron chi connectivity index (χ3n) is 4.16. The third kappa shape index (κ3) is 5.94. The van der Waals surface area contributed by atoms with Crippen molar-refractivity contribution in [3.8, 4) is 0 Å². The molecule has 0 bridgehead atoms. The zero-order chi connectivity index (χ0) is 14.6. The van der Waals surface area contributed by atoms with Crippen molar-refractivity contribution in [2.45, 2.75) is 78.3 Å². The Morgan fingerprint density at radius 2 is 2.00 bits per heavy atom. The third-order valence-corrected chi connectivity index (χ3v) is 4.16. The number of hydrogen-bond acceptors (Lipinski definition) is 2. The molecule has 3 nitrogen and oxygen atoms in total. The second-order valence-electron chi connectivity index (χ2n) is 7.66. The van der Waals surface area contributed by atoms with E-state index in [1.54, 1.807) is 0 Å². The lowest BCUT2D eigenvalue weighted by Gasteiger charge is -2.35. The monoisotopic (exact) mass is 268 g/mol. The summed E-state index contributed by atoms with van der Waals surface area (Å²) in [4.78, 5) is 14.2. The Hall–Kier alpha value is -0.570. The molecule has 3 unspecified atom stereocenters. The van der Waals surface area contributed by atoms with Crippen molar-refractivity contribution in [1.82, 2.24) is 4.90 Å². The molecule has 1 rings (SSSR count). The molecule has 1 saturated carbocycles. The van der Waals surface area contributed by atoms with Crippen LogP contribution in [0.3, 0.4) is 0 Å². The molecular weight excluding hydrogens is 236 g/mol. The van der Waals surface area contributed by atoms with Gasteiger partial charge < -0.3 is 10.6 Å². The van der Waals surface area contributed by atoms with E-state index in [1.807, 2.05) is 11.9 Å². The van der Waals surface area contributed by atoms with E-state index in [0.717, 1.165) is 25.2 Å². The molecule has 0 radical (unpaired) electrons. The standard InChI is InChI=1S/C16H32N2O/c1-12-7-6-8-14(9-12)18(5)15(19)10-13(17)11-16(2,3)4/h12-14H,6-11,17H2,1-5H3. The average Bonchev–Trinajstić information content (AvgIpc) is 2.25. The summed E-state index contributed by atoms with van der Waals surface area (Å²) >= 11 is 0. The van der Waals surface area contributed by atoms with E-state index in [9.17, 15) is 4.79 Å².